The number of fused-ring (bicyclic) bond motifs is 1. The zero-order chi connectivity index (χ0) is 23.0. The van der Waals surface area contributed by atoms with Crippen LogP contribution < -0.4 is 15.4 Å². The van der Waals surface area contributed by atoms with E-state index in [0.29, 0.717) is 18.7 Å². The van der Waals surface area contributed by atoms with Crippen molar-refractivity contribution in [3.63, 3.8) is 0 Å². The van der Waals surface area contributed by atoms with Gasteiger partial charge in [0.2, 0.25) is 0 Å². The molecule has 0 spiro atoms. The third-order valence-electron chi connectivity index (χ3n) is 5.57. The third-order valence-corrected chi connectivity index (χ3v) is 5.57. The minimum atomic E-state index is -0.378. The number of carbonyl (C=O) groups is 1. The number of benzene rings is 3. The van der Waals surface area contributed by atoms with Gasteiger partial charge in [-0.15, -0.1) is 0 Å². The van der Waals surface area contributed by atoms with E-state index < -0.39 is 0 Å². The zero-order valence-electron chi connectivity index (χ0n) is 18.5. The second-order valence-electron chi connectivity index (χ2n) is 7.84. The molecule has 4 rings (SSSR count). The topological polar surface area (TPSA) is 99.3 Å². The molecule has 3 aromatic carbocycles. The van der Waals surface area contributed by atoms with Crippen LogP contribution in [0.4, 0.5) is 4.79 Å². The van der Waals surface area contributed by atoms with E-state index in [4.69, 9.17) is 9.72 Å². The second-order valence-corrected chi connectivity index (χ2v) is 7.84. The number of ether oxygens (including phenoxy) is 1. The number of nitrogens with one attached hydrogen (secondary N) is 3. The Kier molecular flexibility index (Phi) is 7.22. The molecule has 1 aromatic heterocycles. The number of H-pyrrole nitrogens is 1. The Bertz CT molecular complexity index is 1140. The molecule has 0 aliphatic carbocycles. The number of methoxy groups -OCH3 is 1. The quantitative estimate of drug-likeness (QED) is 0.310. The molecule has 0 aliphatic rings. The Labute approximate surface area is 192 Å². The molecule has 0 saturated heterocycles. The molecule has 170 valence electrons. The van der Waals surface area contributed by atoms with E-state index in [-0.39, 0.29) is 24.7 Å². The van der Waals surface area contributed by atoms with E-state index in [1.807, 2.05) is 78.9 Å². The van der Waals surface area contributed by atoms with Gasteiger partial charge in [-0.05, 0) is 48.2 Å². The first kappa shape index (κ1) is 22.4. The van der Waals surface area contributed by atoms with E-state index in [1.165, 1.54) is 0 Å². The van der Waals surface area contributed by atoms with E-state index in [0.717, 1.165) is 27.9 Å². The van der Waals surface area contributed by atoms with Gasteiger partial charge in [0.25, 0.3) is 0 Å². The number of hydrogen-bond acceptors (Lipinski definition) is 4. The summed E-state index contributed by atoms with van der Waals surface area (Å²) in [5.41, 5.74) is 3.74. The summed E-state index contributed by atoms with van der Waals surface area (Å²) in [6.45, 7) is -0.0291. The lowest BCUT2D eigenvalue weighted by Crippen LogP contribution is -2.41. The Morgan fingerprint density at radius 3 is 2.36 bits per heavy atom. The van der Waals surface area contributed by atoms with Gasteiger partial charge >= 0.3 is 6.03 Å². The Hall–Kier alpha value is -3.84. The minimum Gasteiger partial charge on any atom is -0.497 e. The molecule has 4 N–H and O–H groups in total. The molecule has 4 aromatic rings. The van der Waals surface area contributed by atoms with Crippen LogP contribution in [0.1, 0.15) is 35.5 Å². The summed E-state index contributed by atoms with van der Waals surface area (Å²) in [7, 11) is 1.63. The highest BCUT2D eigenvalue weighted by Crippen LogP contribution is 2.22. The number of imidazole rings is 1. The molecule has 2 amide bonds. The molecule has 0 radical (unpaired) electrons. The highest BCUT2D eigenvalue weighted by molar-refractivity contribution is 5.77. The fourth-order valence-corrected chi connectivity index (χ4v) is 3.85. The SMILES string of the molecule is COc1ccc(C[C@@H](NC(=O)NC(CCO)c2ccccc2)c2nc3ccccc3[nH]2)cc1. The largest absolute Gasteiger partial charge is 0.497 e. The highest BCUT2D eigenvalue weighted by atomic mass is 16.5. The lowest BCUT2D eigenvalue weighted by Gasteiger charge is -2.22. The van der Waals surface area contributed by atoms with Crippen LogP contribution >= 0.6 is 0 Å². The number of amides is 2. The van der Waals surface area contributed by atoms with Crippen LogP contribution in [0, 0.1) is 0 Å². The fourth-order valence-electron chi connectivity index (χ4n) is 3.85. The number of para-hydroxylation sites is 2. The monoisotopic (exact) mass is 444 g/mol. The number of carbonyl (C=O) groups excluding carboxylic acids is 1. The van der Waals surface area contributed by atoms with Crippen molar-refractivity contribution in [2.24, 2.45) is 0 Å². The van der Waals surface area contributed by atoms with Crippen molar-refractivity contribution in [3.8, 4) is 5.75 Å². The first-order valence-electron chi connectivity index (χ1n) is 11.0. The van der Waals surface area contributed by atoms with Crippen molar-refractivity contribution in [1.82, 2.24) is 20.6 Å². The maximum absolute atomic E-state index is 13.0. The molecule has 0 bridgehead atoms. The molecular formula is C26H28N4O3. The van der Waals surface area contributed by atoms with Gasteiger partial charge in [-0.3, -0.25) is 0 Å². The maximum Gasteiger partial charge on any atom is 0.315 e. The fraction of sp³-hybridized carbons (Fsp3) is 0.231. The van der Waals surface area contributed by atoms with Crippen molar-refractivity contribution >= 4 is 17.1 Å². The summed E-state index contributed by atoms with van der Waals surface area (Å²) in [6, 6.07) is 24.2. The van der Waals surface area contributed by atoms with E-state index >= 15 is 0 Å². The molecule has 0 aliphatic heterocycles. The predicted molar refractivity (Wildman–Crippen MR) is 128 cm³/mol. The minimum absolute atomic E-state index is 0.0291. The van der Waals surface area contributed by atoms with Gasteiger partial charge in [0.05, 0.1) is 30.2 Å². The number of urea groups is 1. The highest BCUT2D eigenvalue weighted by Gasteiger charge is 2.21. The average Bonchev–Trinajstić information content (AvgIpc) is 3.29. The van der Waals surface area contributed by atoms with E-state index in [1.54, 1.807) is 7.11 Å². The van der Waals surface area contributed by atoms with Crippen molar-refractivity contribution < 1.29 is 14.6 Å². The van der Waals surface area contributed by atoms with Gasteiger partial charge in [0, 0.05) is 6.61 Å². The standard InChI is InChI=1S/C26H28N4O3/c1-33-20-13-11-18(12-14-20)17-24(25-27-22-9-5-6-10-23(22)28-25)30-26(32)29-21(15-16-31)19-7-3-2-4-8-19/h2-14,21,24,31H,15-17H2,1H3,(H,27,28)(H2,29,30,32)/t21?,24-/m1/s1. The molecule has 33 heavy (non-hydrogen) atoms. The van der Waals surface area contributed by atoms with Crippen LogP contribution in [0.15, 0.2) is 78.9 Å². The van der Waals surface area contributed by atoms with Crippen LogP contribution in [-0.2, 0) is 6.42 Å². The smallest absolute Gasteiger partial charge is 0.315 e. The number of rotatable bonds is 9. The number of aliphatic hydroxyl groups is 1. The second kappa shape index (κ2) is 10.7. The summed E-state index contributed by atoms with van der Waals surface area (Å²) in [4.78, 5) is 21.1. The summed E-state index contributed by atoms with van der Waals surface area (Å²) in [5.74, 6) is 1.46. The molecule has 2 atom stereocenters. The number of hydrogen-bond donors (Lipinski definition) is 4. The van der Waals surface area contributed by atoms with Crippen molar-refractivity contribution in [2.45, 2.75) is 24.9 Å². The average molecular weight is 445 g/mol. The Balaban J connectivity index is 1.55. The molecule has 0 saturated carbocycles. The van der Waals surface area contributed by atoms with Gasteiger partial charge in [-0.1, -0.05) is 54.6 Å². The van der Waals surface area contributed by atoms with Crippen LogP contribution in [-0.4, -0.2) is 34.8 Å². The van der Waals surface area contributed by atoms with Crippen molar-refractivity contribution in [3.05, 3.63) is 95.8 Å². The lowest BCUT2D eigenvalue weighted by molar-refractivity contribution is 0.225. The lowest BCUT2D eigenvalue weighted by atomic mass is 10.0. The summed E-state index contributed by atoms with van der Waals surface area (Å²) < 4.78 is 5.25. The van der Waals surface area contributed by atoms with E-state index in [9.17, 15) is 9.90 Å². The number of aromatic nitrogens is 2. The maximum atomic E-state index is 13.0. The number of aromatic amines is 1. The molecule has 1 heterocycles. The third kappa shape index (κ3) is 5.70. The van der Waals surface area contributed by atoms with Gasteiger partial charge in [-0.2, -0.15) is 0 Å². The Morgan fingerprint density at radius 2 is 1.67 bits per heavy atom. The molecule has 1 unspecified atom stereocenters. The number of nitrogens with zero attached hydrogens (tertiary/aromatic N) is 1. The molecule has 7 nitrogen and oxygen atoms in total. The van der Waals surface area contributed by atoms with Gasteiger partial charge in [0.15, 0.2) is 0 Å². The van der Waals surface area contributed by atoms with Gasteiger partial charge in [0.1, 0.15) is 11.6 Å². The van der Waals surface area contributed by atoms with Crippen molar-refractivity contribution in [2.75, 3.05) is 13.7 Å². The van der Waals surface area contributed by atoms with E-state index in [2.05, 4.69) is 15.6 Å². The number of aliphatic hydroxyl groups excluding tert-OH is 1. The first-order chi connectivity index (χ1) is 16.2. The zero-order valence-corrected chi connectivity index (χ0v) is 18.5. The molecular weight excluding hydrogens is 416 g/mol. The van der Waals surface area contributed by atoms with Crippen LogP contribution in [0.2, 0.25) is 0 Å². The summed E-state index contributed by atoms with van der Waals surface area (Å²) in [5, 5.41) is 15.6. The predicted octanol–water partition coefficient (Wildman–Crippen LogP) is 4.28. The Morgan fingerprint density at radius 1 is 0.970 bits per heavy atom. The van der Waals surface area contributed by atoms with Crippen LogP contribution in [0.5, 0.6) is 5.75 Å². The molecule has 0 fully saturated rings. The van der Waals surface area contributed by atoms with Crippen molar-refractivity contribution in [1.29, 1.82) is 0 Å². The van der Waals surface area contributed by atoms with Crippen LogP contribution in [0.3, 0.4) is 0 Å². The van der Waals surface area contributed by atoms with Gasteiger partial charge < -0.3 is 25.5 Å². The first-order valence-corrected chi connectivity index (χ1v) is 11.0. The summed E-state index contributed by atoms with van der Waals surface area (Å²) in [6.07, 6.45) is 0.971. The molecule has 7 heteroatoms. The van der Waals surface area contributed by atoms with Gasteiger partial charge in [-0.25, -0.2) is 9.78 Å². The summed E-state index contributed by atoms with van der Waals surface area (Å²) >= 11 is 0. The normalized spacial score (nSPS) is 12.8. The van der Waals surface area contributed by atoms with Crippen LogP contribution in [0.25, 0.3) is 11.0 Å².